The lowest BCUT2D eigenvalue weighted by Gasteiger charge is -2.14. The van der Waals surface area contributed by atoms with E-state index in [0.29, 0.717) is 23.3 Å². The summed E-state index contributed by atoms with van der Waals surface area (Å²) in [6.45, 7) is 0. The van der Waals surface area contributed by atoms with E-state index in [4.69, 9.17) is 0 Å². The third kappa shape index (κ3) is 1.54. The normalized spacial score (nSPS) is 26.9. The Kier molecular flexibility index (Phi) is 2.10. The van der Waals surface area contributed by atoms with Crippen molar-refractivity contribution in [2.45, 2.75) is 19.3 Å². The number of carbonyl (C=O) groups is 1. The molecule has 0 aliphatic heterocycles. The number of Topliss-reactive ketones (excluding diaryl/α,β-unsaturated/α-hetero) is 1. The highest BCUT2D eigenvalue weighted by Crippen LogP contribution is 2.36. The molecule has 3 nitrogen and oxygen atoms in total. The van der Waals surface area contributed by atoms with Crippen LogP contribution in [0.4, 0.5) is 0 Å². The predicted molar refractivity (Wildman–Crippen MR) is 53.4 cm³/mol. The maximum atomic E-state index is 11.4. The fraction of sp³-hybridized carbons (Fsp3) is 0.500. The first-order valence-electron chi connectivity index (χ1n) is 4.63. The van der Waals surface area contributed by atoms with Crippen molar-refractivity contribution in [3.05, 3.63) is 22.6 Å². The zero-order valence-corrected chi connectivity index (χ0v) is 8.80. The van der Waals surface area contributed by atoms with Crippen LogP contribution in [-0.4, -0.2) is 20.5 Å². The molecule has 1 unspecified atom stereocenters. The van der Waals surface area contributed by atoms with Crippen molar-refractivity contribution in [2.75, 3.05) is 6.26 Å². The highest BCUT2D eigenvalue weighted by molar-refractivity contribution is 7.94. The second kappa shape index (κ2) is 3.05. The Hall–Kier alpha value is -0.900. The Morgan fingerprint density at radius 3 is 2.79 bits per heavy atom. The quantitative estimate of drug-likeness (QED) is 0.656. The largest absolute Gasteiger partial charge is 0.295 e. The van der Waals surface area contributed by atoms with Crippen LogP contribution in [0, 0.1) is 5.92 Å². The molecule has 0 aromatic heterocycles. The Bertz CT molecular complexity index is 440. The molecule has 2 aliphatic rings. The number of sulfone groups is 1. The minimum Gasteiger partial charge on any atom is -0.295 e. The molecule has 0 N–H and O–H groups in total. The molecule has 0 aromatic rings. The molecule has 4 heteroatoms. The van der Waals surface area contributed by atoms with E-state index in [1.807, 2.05) is 0 Å². The van der Waals surface area contributed by atoms with Gasteiger partial charge in [0.25, 0.3) is 0 Å². The van der Waals surface area contributed by atoms with E-state index in [0.717, 1.165) is 6.42 Å². The second-order valence-corrected chi connectivity index (χ2v) is 5.89. The highest BCUT2D eigenvalue weighted by atomic mass is 32.2. The Morgan fingerprint density at radius 1 is 1.43 bits per heavy atom. The van der Waals surface area contributed by atoms with Gasteiger partial charge < -0.3 is 0 Å². The number of rotatable bonds is 1. The minimum atomic E-state index is -3.16. The number of ketones is 1. The molecule has 0 heterocycles. The number of hydrogen-bond acceptors (Lipinski definition) is 3. The number of carbonyl (C=O) groups excluding carboxylic acids is 1. The van der Waals surface area contributed by atoms with Gasteiger partial charge in [0.2, 0.25) is 0 Å². The van der Waals surface area contributed by atoms with E-state index in [1.165, 1.54) is 6.26 Å². The van der Waals surface area contributed by atoms with E-state index in [9.17, 15) is 13.2 Å². The molecule has 0 saturated heterocycles. The summed E-state index contributed by atoms with van der Waals surface area (Å²) in [5, 5.41) is 0. The summed E-state index contributed by atoms with van der Waals surface area (Å²) < 4.78 is 22.5. The van der Waals surface area contributed by atoms with Crippen molar-refractivity contribution in [2.24, 2.45) is 5.92 Å². The van der Waals surface area contributed by atoms with Crippen LogP contribution in [0.1, 0.15) is 19.3 Å². The standard InChI is InChI=1S/C10H12O3S/c1-14(12,13)8-4-2-7-3-5-10(11)9(7)6-8/h4,6-7H,2-3,5H2,1H3. The molecule has 0 radical (unpaired) electrons. The Morgan fingerprint density at radius 2 is 2.14 bits per heavy atom. The first-order chi connectivity index (χ1) is 6.48. The molecular weight excluding hydrogens is 200 g/mol. The minimum absolute atomic E-state index is 0.115. The number of hydrogen-bond donors (Lipinski definition) is 0. The summed E-state index contributed by atoms with van der Waals surface area (Å²) in [7, 11) is -3.16. The van der Waals surface area contributed by atoms with Gasteiger partial charge in [-0.1, -0.05) is 6.08 Å². The van der Waals surface area contributed by atoms with Crippen molar-refractivity contribution in [3.8, 4) is 0 Å². The van der Waals surface area contributed by atoms with Crippen LogP contribution in [0.15, 0.2) is 22.6 Å². The average molecular weight is 212 g/mol. The van der Waals surface area contributed by atoms with Crippen LogP contribution >= 0.6 is 0 Å². The lowest BCUT2D eigenvalue weighted by Crippen LogP contribution is -2.10. The van der Waals surface area contributed by atoms with Crippen LogP contribution < -0.4 is 0 Å². The maximum Gasteiger partial charge on any atom is 0.175 e. The van der Waals surface area contributed by atoms with Gasteiger partial charge in [0.05, 0.1) is 4.91 Å². The van der Waals surface area contributed by atoms with E-state index in [2.05, 4.69) is 0 Å². The zero-order chi connectivity index (χ0) is 10.3. The van der Waals surface area contributed by atoms with Crippen molar-refractivity contribution in [1.29, 1.82) is 0 Å². The Balaban J connectivity index is 2.40. The van der Waals surface area contributed by atoms with Gasteiger partial charge in [-0.3, -0.25) is 4.79 Å². The highest BCUT2D eigenvalue weighted by Gasteiger charge is 2.31. The number of allylic oxidation sites excluding steroid dienone is 3. The van der Waals surface area contributed by atoms with Gasteiger partial charge in [0, 0.05) is 12.7 Å². The average Bonchev–Trinajstić information content (AvgIpc) is 2.46. The van der Waals surface area contributed by atoms with Gasteiger partial charge in [-0.2, -0.15) is 0 Å². The molecule has 1 saturated carbocycles. The van der Waals surface area contributed by atoms with Gasteiger partial charge in [0.1, 0.15) is 0 Å². The zero-order valence-electron chi connectivity index (χ0n) is 7.99. The van der Waals surface area contributed by atoms with Gasteiger partial charge in [-0.05, 0) is 30.4 Å². The van der Waals surface area contributed by atoms with Crippen LogP contribution in [0.25, 0.3) is 0 Å². The summed E-state index contributed by atoms with van der Waals surface area (Å²) >= 11 is 0. The molecule has 76 valence electrons. The van der Waals surface area contributed by atoms with Gasteiger partial charge in [-0.25, -0.2) is 8.42 Å². The first-order valence-corrected chi connectivity index (χ1v) is 6.52. The monoisotopic (exact) mass is 212 g/mol. The van der Waals surface area contributed by atoms with Crippen molar-refractivity contribution in [1.82, 2.24) is 0 Å². The SMILES string of the molecule is CS(=O)(=O)C1=CCC2CCC(=O)C2=C1. The topological polar surface area (TPSA) is 51.2 Å². The van der Waals surface area contributed by atoms with E-state index in [-0.39, 0.29) is 11.7 Å². The van der Waals surface area contributed by atoms with E-state index in [1.54, 1.807) is 12.2 Å². The van der Waals surface area contributed by atoms with Crippen molar-refractivity contribution < 1.29 is 13.2 Å². The van der Waals surface area contributed by atoms with Crippen LogP contribution in [-0.2, 0) is 14.6 Å². The smallest absolute Gasteiger partial charge is 0.175 e. The summed E-state index contributed by atoms with van der Waals surface area (Å²) in [6.07, 6.45) is 6.59. The van der Waals surface area contributed by atoms with Crippen LogP contribution in [0.3, 0.4) is 0 Å². The maximum absolute atomic E-state index is 11.4. The molecule has 2 aliphatic carbocycles. The van der Waals surface area contributed by atoms with Crippen molar-refractivity contribution in [3.63, 3.8) is 0 Å². The summed E-state index contributed by atoms with van der Waals surface area (Å²) in [5.41, 5.74) is 0.716. The van der Waals surface area contributed by atoms with Gasteiger partial charge in [0.15, 0.2) is 15.6 Å². The summed E-state index contributed by atoms with van der Waals surface area (Å²) in [5.74, 6) is 0.386. The third-order valence-corrected chi connectivity index (χ3v) is 3.95. The molecule has 0 amide bonds. The third-order valence-electron chi connectivity index (χ3n) is 2.81. The molecule has 0 aromatic carbocycles. The Labute approximate surface area is 83.4 Å². The molecule has 14 heavy (non-hydrogen) atoms. The molecule has 1 fully saturated rings. The molecule has 1 atom stereocenters. The number of fused-ring (bicyclic) bond motifs is 1. The molecular formula is C10H12O3S. The molecule has 0 spiro atoms. The predicted octanol–water partition coefficient (Wildman–Crippen LogP) is 1.22. The van der Waals surface area contributed by atoms with E-state index >= 15 is 0 Å². The molecule has 2 rings (SSSR count). The van der Waals surface area contributed by atoms with Gasteiger partial charge in [-0.15, -0.1) is 0 Å². The fourth-order valence-corrected chi connectivity index (χ4v) is 2.75. The first kappa shape index (κ1) is 9.65. The lowest BCUT2D eigenvalue weighted by molar-refractivity contribution is -0.114. The summed E-state index contributed by atoms with van der Waals surface area (Å²) in [4.78, 5) is 11.7. The molecule has 0 bridgehead atoms. The van der Waals surface area contributed by atoms with Gasteiger partial charge >= 0.3 is 0 Å². The fourth-order valence-electron chi connectivity index (χ4n) is 2.01. The summed E-state index contributed by atoms with van der Waals surface area (Å²) in [6, 6.07) is 0. The van der Waals surface area contributed by atoms with Crippen LogP contribution in [0.5, 0.6) is 0 Å². The second-order valence-electron chi connectivity index (χ2n) is 3.87. The van der Waals surface area contributed by atoms with Crippen molar-refractivity contribution >= 4 is 15.6 Å². The lowest BCUT2D eigenvalue weighted by atomic mass is 9.94. The van der Waals surface area contributed by atoms with Crippen LogP contribution in [0.2, 0.25) is 0 Å². The van der Waals surface area contributed by atoms with E-state index < -0.39 is 9.84 Å².